The van der Waals surface area contributed by atoms with Crippen molar-refractivity contribution in [2.75, 3.05) is 7.11 Å². The van der Waals surface area contributed by atoms with E-state index >= 15 is 0 Å². The lowest BCUT2D eigenvalue weighted by atomic mass is 10.0. The summed E-state index contributed by atoms with van der Waals surface area (Å²) in [5, 5.41) is 0. The van der Waals surface area contributed by atoms with Gasteiger partial charge in [-0.1, -0.05) is 28.1 Å². The Morgan fingerprint density at radius 2 is 1.65 bits per heavy atom. The van der Waals surface area contributed by atoms with Crippen LogP contribution in [0, 0.1) is 0 Å². The van der Waals surface area contributed by atoms with Gasteiger partial charge >= 0.3 is 5.97 Å². The molecule has 1 heterocycles. The van der Waals surface area contributed by atoms with E-state index in [1.165, 1.54) is 7.11 Å². The minimum Gasteiger partial charge on any atom is -0.467 e. The number of carbonyl (C=O) groups is 3. The number of imide groups is 1. The lowest BCUT2D eigenvalue weighted by Gasteiger charge is -2.32. The average molecular weight is 340 g/mol. The van der Waals surface area contributed by atoms with Crippen molar-refractivity contribution in [2.24, 2.45) is 0 Å². The van der Waals surface area contributed by atoms with E-state index in [-0.39, 0.29) is 0 Å². The highest BCUT2D eigenvalue weighted by molar-refractivity contribution is 9.10. The number of halogens is 1. The molecule has 5 nitrogen and oxygen atoms in total. The van der Waals surface area contributed by atoms with Crippen molar-refractivity contribution in [1.82, 2.24) is 4.90 Å². The molecule has 0 saturated heterocycles. The zero-order chi connectivity index (χ0) is 15.1. The maximum absolute atomic E-state index is 12.4. The first kappa shape index (κ1) is 14.7. The maximum atomic E-state index is 12.4. The van der Waals surface area contributed by atoms with Crippen LogP contribution in [0.25, 0.3) is 0 Å². The van der Waals surface area contributed by atoms with Crippen LogP contribution in [-0.2, 0) is 9.53 Å². The fourth-order valence-electron chi connectivity index (χ4n) is 2.25. The number of nitrogens with zero attached hydrogens (tertiary/aromatic N) is 1. The summed E-state index contributed by atoms with van der Waals surface area (Å²) in [5.41, 5.74) is 0.617. The zero-order valence-corrected chi connectivity index (χ0v) is 12.9. The number of alkyl halides is 1. The fraction of sp³-hybridized carbons (Fsp3) is 0.357. The lowest BCUT2D eigenvalue weighted by Crippen LogP contribution is -2.54. The van der Waals surface area contributed by atoms with Gasteiger partial charge in [-0.3, -0.25) is 14.5 Å². The maximum Gasteiger partial charge on any atom is 0.330 e. The minimum atomic E-state index is -1.03. The summed E-state index contributed by atoms with van der Waals surface area (Å²) in [7, 11) is 1.23. The molecule has 0 radical (unpaired) electrons. The fourth-order valence-corrected chi connectivity index (χ4v) is 2.64. The van der Waals surface area contributed by atoms with Crippen LogP contribution in [0.5, 0.6) is 0 Å². The molecule has 0 spiro atoms. The Morgan fingerprint density at radius 3 is 2.00 bits per heavy atom. The van der Waals surface area contributed by atoms with Gasteiger partial charge in [0.1, 0.15) is 0 Å². The molecule has 2 rings (SSSR count). The zero-order valence-electron chi connectivity index (χ0n) is 11.3. The van der Waals surface area contributed by atoms with Crippen molar-refractivity contribution in [3.05, 3.63) is 35.4 Å². The van der Waals surface area contributed by atoms with Crippen molar-refractivity contribution in [3.8, 4) is 0 Å². The molecule has 106 valence electrons. The third-order valence-electron chi connectivity index (χ3n) is 3.16. The lowest BCUT2D eigenvalue weighted by molar-refractivity contribution is -0.146. The van der Waals surface area contributed by atoms with E-state index in [2.05, 4.69) is 15.9 Å². The molecular formula is C14H14BrNO4. The van der Waals surface area contributed by atoms with Gasteiger partial charge in [0.05, 0.1) is 22.6 Å². The van der Waals surface area contributed by atoms with Crippen LogP contribution in [0.15, 0.2) is 24.3 Å². The Hall–Kier alpha value is -1.69. The quantitative estimate of drug-likeness (QED) is 0.480. The monoisotopic (exact) mass is 339 g/mol. The molecule has 1 aromatic rings. The molecule has 0 aliphatic carbocycles. The third kappa shape index (κ3) is 2.24. The van der Waals surface area contributed by atoms with E-state index in [0.717, 1.165) is 4.90 Å². The highest BCUT2D eigenvalue weighted by atomic mass is 79.9. The number of benzene rings is 1. The van der Waals surface area contributed by atoms with Gasteiger partial charge in [-0.25, -0.2) is 4.79 Å². The van der Waals surface area contributed by atoms with Gasteiger partial charge < -0.3 is 4.74 Å². The Morgan fingerprint density at radius 1 is 1.20 bits per heavy atom. The van der Waals surface area contributed by atoms with Crippen LogP contribution in [0.3, 0.4) is 0 Å². The van der Waals surface area contributed by atoms with E-state index in [4.69, 9.17) is 4.74 Å². The molecule has 20 heavy (non-hydrogen) atoms. The molecule has 0 unspecified atom stereocenters. The highest BCUT2D eigenvalue weighted by Crippen LogP contribution is 2.32. The number of hydrogen-bond acceptors (Lipinski definition) is 4. The first-order valence-corrected chi connectivity index (χ1v) is 6.82. The van der Waals surface area contributed by atoms with Gasteiger partial charge in [0.2, 0.25) is 0 Å². The van der Waals surface area contributed by atoms with Gasteiger partial charge in [0, 0.05) is 0 Å². The van der Waals surface area contributed by atoms with Crippen LogP contribution in [-0.4, -0.2) is 40.2 Å². The molecule has 2 amide bonds. The Bertz CT molecular complexity index is 556. The van der Waals surface area contributed by atoms with Crippen LogP contribution in [0.2, 0.25) is 0 Å². The number of esters is 1. The summed E-state index contributed by atoms with van der Waals surface area (Å²) in [6, 6.07) is 5.48. The largest absolute Gasteiger partial charge is 0.467 e. The topological polar surface area (TPSA) is 63.7 Å². The second-order valence-corrected chi connectivity index (χ2v) is 7.06. The first-order chi connectivity index (χ1) is 9.29. The summed E-state index contributed by atoms with van der Waals surface area (Å²) in [6.07, 6.45) is 0. The molecule has 0 bridgehead atoms. The molecule has 1 aliphatic heterocycles. The van der Waals surface area contributed by atoms with E-state index < -0.39 is 28.1 Å². The highest BCUT2D eigenvalue weighted by Gasteiger charge is 2.48. The summed E-state index contributed by atoms with van der Waals surface area (Å²) < 4.78 is 3.93. The smallest absolute Gasteiger partial charge is 0.330 e. The molecule has 0 aromatic heterocycles. The molecule has 0 fully saturated rings. The predicted molar refractivity (Wildman–Crippen MR) is 75.8 cm³/mol. The van der Waals surface area contributed by atoms with Crippen LogP contribution in [0.4, 0.5) is 0 Å². The Labute approximate surface area is 125 Å². The number of amides is 2. The van der Waals surface area contributed by atoms with Crippen LogP contribution >= 0.6 is 15.9 Å². The standard InChI is InChI=1S/C14H14BrNO4/c1-14(2,15)10(13(19)20-3)16-11(17)8-6-4-5-7-9(8)12(16)18/h4-7,10H,1-3H3/t10-/m1/s1. The van der Waals surface area contributed by atoms with E-state index in [1.54, 1.807) is 38.1 Å². The Balaban J connectivity index is 2.50. The number of methoxy groups -OCH3 is 1. The number of ether oxygens (including phenoxy) is 1. The second-order valence-electron chi connectivity index (χ2n) is 5.02. The number of hydrogen-bond donors (Lipinski definition) is 0. The van der Waals surface area contributed by atoms with Gasteiger partial charge in [0.15, 0.2) is 6.04 Å². The number of fused-ring (bicyclic) bond motifs is 1. The molecule has 1 atom stereocenters. The second kappa shape index (κ2) is 5.01. The molecule has 0 saturated carbocycles. The van der Waals surface area contributed by atoms with E-state index in [9.17, 15) is 14.4 Å². The molecular weight excluding hydrogens is 326 g/mol. The number of rotatable bonds is 3. The molecule has 1 aliphatic rings. The Kier molecular flexibility index (Phi) is 3.69. The number of carbonyl (C=O) groups excluding carboxylic acids is 3. The van der Waals surface area contributed by atoms with Crippen molar-refractivity contribution >= 4 is 33.7 Å². The SMILES string of the molecule is COC(=O)[C@@H](N1C(=O)c2ccccc2C1=O)C(C)(C)Br. The first-order valence-electron chi connectivity index (χ1n) is 6.02. The summed E-state index contributed by atoms with van der Waals surface area (Å²) >= 11 is 3.35. The van der Waals surface area contributed by atoms with Gasteiger partial charge in [0.25, 0.3) is 11.8 Å². The third-order valence-corrected chi connectivity index (χ3v) is 3.59. The van der Waals surface area contributed by atoms with Gasteiger partial charge in [-0.2, -0.15) is 0 Å². The molecule has 0 N–H and O–H groups in total. The summed E-state index contributed by atoms with van der Waals surface area (Å²) in [5.74, 6) is -1.59. The van der Waals surface area contributed by atoms with Gasteiger partial charge in [-0.15, -0.1) is 0 Å². The van der Waals surface area contributed by atoms with Crippen molar-refractivity contribution in [1.29, 1.82) is 0 Å². The predicted octanol–water partition coefficient (Wildman–Crippen LogP) is 2.00. The molecule has 6 heteroatoms. The average Bonchev–Trinajstić information content (AvgIpc) is 2.63. The summed E-state index contributed by atoms with van der Waals surface area (Å²) in [4.78, 5) is 37.7. The van der Waals surface area contributed by atoms with Crippen molar-refractivity contribution in [2.45, 2.75) is 24.2 Å². The van der Waals surface area contributed by atoms with E-state index in [1.807, 2.05) is 0 Å². The van der Waals surface area contributed by atoms with Crippen molar-refractivity contribution < 1.29 is 19.1 Å². The normalized spacial score (nSPS) is 16.1. The van der Waals surface area contributed by atoms with Crippen molar-refractivity contribution in [3.63, 3.8) is 0 Å². The molecule has 1 aromatic carbocycles. The van der Waals surface area contributed by atoms with Crippen LogP contribution < -0.4 is 0 Å². The van der Waals surface area contributed by atoms with E-state index in [0.29, 0.717) is 11.1 Å². The summed E-state index contributed by atoms with van der Waals surface area (Å²) in [6.45, 7) is 3.41. The minimum absolute atomic E-state index is 0.308. The van der Waals surface area contributed by atoms with Gasteiger partial charge in [-0.05, 0) is 26.0 Å². The van der Waals surface area contributed by atoms with Crippen LogP contribution in [0.1, 0.15) is 34.6 Å².